The van der Waals surface area contributed by atoms with Gasteiger partial charge in [0.1, 0.15) is 0 Å². The lowest BCUT2D eigenvalue weighted by molar-refractivity contribution is -0.353. The first-order valence-electron chi connectivity index (χ1n) is 6.73. The summed E-state index contributed by atoms with van der Waals surface area (Å²) in [7, 11) is 0. The zero-order chi connectivity index (χ0) is 14.2. The van der Waals surface area contributed by atoms with Gasteiger partial charge in [0.15, 0.2) is 0 Å². The summed E-state index contributed by atoms with van der Waals surface area (Å²) >= 11 is 0. The second kappa shape index (κ2) is 3.54. The van der Waals surface area contributed by atoms with Crippen LogP contribution in [0.1, 0.15) is 43.8 Å². The highest BCUT2D eigenvalue weighted by Gasteiger charge is 2.67. The summed E-state index contributed by atoms with van der Waals surface area (Å²) in [5.41, 5.74) is 7.05. The maximum absolute atomic E-state index is 12.0. The molecular formula is C12H15F3N4O. The molecule has 5 rings (SSSR count). The summed E-state index contributed by atoms with van der Waals surface area (Å²) in [5.74, 6) is 0. The standard InChI is InChI=1S/C12H15F3N4O/c13-12(14,15)20-8-1-7(2-8)19-3-9(17-18-19)10-4-11(16,5-10)6-10/h3,7-8H,1-2,4-6,16H2. The van der Waals surface area contributed by atoms with E-state index in [2.05, 4.69) is 15.0 Å². The Balaban J connectivity index is 1.37. The van der Waals surface area contributed by atoms with Crippen LogP contribution in [-0.2, 0) is 10.2 Å². The van der Waals surface area contributed by atoms with Crippen molar-refractivity contribution in [2.45, 2.75) is 61.6 Å². The molecule has 2 N–H and O–H groups in total. The van der Waals surface area contributed by atoms with E-state index < -0.39 is 12.5 Å². The smallest absolute Gasteiger partial charge is 0.325 e. The molecule has 0 radical (unpaired) electrons. The summed E-state index contributed by atoms with van der Waals surface area (Å²) in [4.78, 5) is 0. The van der Waals surface area contributed by atoms with Crippen LogP contribution in [0, 0.1) is 0 Å². The number of ether oxygens (including phenoxy) is 1. The predicted molar refractivity (Wildman–Crippen MR) is 61.7 cm³/mol. The van der Waals surface area contributed by atoms with Gasteiger partial charge in [0, 0.05) is 17.2 Å². The minimum atomic E-state index is -4.55. The van der Waals surface area contributed by atoms with Crippen LogP contribution in [0.15, 0.2) is 6.20 Å². The molecule has 0 aromatic carbocycles. The number of halogens is 3. The van der Waals surface area contributed by atoms with Gasteiger partial charge >= 0.3 is 6.36 Å². The maximum Gasteiger partial charge on any atom is 0.522 e. The van der Waals surface area contributed by atoms with Crippen molar-refractivity contribution >= 4 is 0 Å². The molecule has 1 heterocycles. The first kappa shape index (κ1) is 12.6. The predicted octanol–water partition coefficient (Wildman–Crippen LogP) is 1.65. The number of hydrogen-bond donors (Lipinski definition) is 1. The Kier molecular flexibility index (Phi) is 2.23. The van der Waals surface area contributed by atoms with Crippen LogP contribution in [0.2, 0.25) is 0 Å². The van der Waals surface area contributed by atoms with Crippen molar-refractivity contribution in [3.05, 3.63) is 11.9 Å². The van der Waals surface area contributed by atoms with Crippen molar-refractivity contribution < 1.29 is 17.9 Å². The van der Waals surface area contributed by atoms with Gasteiger partial charge in [-0.05, 0) is 32.1 Å². The van der Waals surface area contributed by atoms with Crippen molar-refractivity contribution in [2.75, 3.05) is 0 Å². The summed E-state index contributed by atoms with van der Waals surface area (Å²) in [6.45, 7) is 0. The van der Waals surface area contributed by atoms with E-state index >= 15 is 0 Å². The molecule has 4 aliphatic rings. The lowest BCUT2D eigenvalue weighted by Crippen LogP contribution is -2.74. The molecule has 0 aliphatic heterocycles. The summed E-state index contributed by atoms with van der Waals surface area (Å²) < 4.78 is 41.8. The Morgan fingerprint density at radius 1 is 1.30 bits per heavy atom. The molecule has 1 aromatic heterocycles. The average molecular weight is 288 g/mol. The molecule has 2 bridgehead atoms. The maximum atomic E-state index is 12.0. The largest absolute Gasteiger partial charge is 0.522 e. The minimum Gasteiger partial charge on any atom is -0.325 e. The highest BCUT2D eigenvalue weighted by molar-refractivity contribution is 5.36. The van der Waals surface area contributed by atoms with Crippen molar-refractivity contribution in [2.24, 2.45) is 5.73 Å². The number of nitrogens with zero attached hydrogens (tertiary/aromatic N) is 3. The van der Waals surface area contributed by atoms with E-state index in [1.165, 1.54) is 0 Å². The van der Waals surface area contributed by atoms with Crippen LogP contribution in [0.5, 0.6) is 0 Å². The van der Waals surface area contributed by atoms with Crippen LogP contribution in [-0.4, -0.2) is 33.0 Å². The third kappa shape index (κ3) is 1.77. The SMILES string of the molecule is NC12CC(c3cn(C4CC(OC(F)(F)F)C4)nn3)(C1)C2. The van der Waals surface area contributed by atoms with E-state index in [0.29, 0.717) is 12.8 Å². The Morgan fingerprint density at radius 2 is 1.95 bits per heavy atom. The molecule has 0 atom stereocenters. The molecule has 4 saturated carbocycles. The molecule has 5 nitrogen and oxygen atoms in total. The lowest BCUT2D eigenvalue weighted by atomic mass is 9.39. The second-order valence-electron chi connectivity index (χ2n) is 6.57. The molecule has 8 heteroatoms. The van der Waals surface area contributed by atoms with Gasteiger partial charge in [-0.3, -0.25) is 4.74 Å². The fraction of sp³-hybridized carbons (Fsp3) is 0.833. The quantitative estimate of drug-likeness (QED) is 0.918. The topological polar surface area (TPSA) is 66.0 Å². The van der Waals surface area contributed by atoms with E-state index in [-0.39, 0.29) is 17.0 Å². The van der Waals surface area contributed by atoms with E-state index in [1.807, 2.05) is 6.20 Å². The van der Waals surface area contributed by atoms with Gasteiger partial charge in [-0.2, -0.15) is 0 Å². The van der Waals surface area contributed by atoms with Gasteiger partial charge in [-0.1, -0.05) is 5.21 Å². The van der Waals surface area contributed by atoms with Crippen LogP contribution >= 0.6 is 0 Å². The van der Waals surface area contributed by atoms with Crippen molar-refractivity contribution in [3.8, 4) is 0 Å². The van der Waals surface area contributed by atoms with Gasteiger partial charge < -0.3 is 5.73 Å². The molecule has 110 valence electrons. The number of rotatable bonds is 3. The Bertz CT molecular complexity index is 529. The number of alkyl halides is 3. The lowest BCUT2D eigenvalue weighted by Gasteiger charge is -2.68. The molecule has 4 aliphatic carbocycles. The zero-order valence-electron chi connectivity index (χ0n) is 10.7. The summed E-state index contributed by atoms with van der Waals surface area (Å²) in [6.07, 6.45) is 0.0642. The van der Waals surface area contributed by atoms with Crippen LogP contribution < -0.4 is 5.73 Å². The number of aromatic nitrogens is 3. The van der Waals surface area contributed by atoms with Crippen molar-refractivity contribution in [1.29, 1.82) is 0 Å². The number of hydrogen-bond acceptors (Lipinski definition) is 4. The van der Waals surface area contributed by atoms with E-state index in [1.54, 1.807) is 4.68 Å². The van der Waals surface area contributed by atoms with Crippen LogP contribution in [0.25, 0.3) is 0 Å². The van der Waals surface area contributed by atoms with Crippen LogP contribution in [0.4, 0.5) is 13.2 Å². The third-order valence-corrected chi connectivity index (χ3v) is 4.87. The highest BCUT2D eigenvalue weighted by atomic mass is 19.4. The van der Waals surface area contributed by atoms with Gasteiger partial charge in [0.25, 0.3) is 0 Å². The monoisotopic (exact) mass is 288 g/mol. The molecule has 4 fully saturated rings. The van der Waals surface area contributed by atoms with E-state index in [0.717, 1.165) is 25.0 Å². The van der Waals surface area contributed by atoms with Crippen molar-refractivity contribution in [1.82, 2.24) is 15.0 Å². The van der Waals surface area contributed by atoms with E-state index in [9.17, 15) is 13.2 Å². The molecular weight excluding hydrogens is 273 g/mol. The average Bonchev–Trinajstić information content (AvgIpc) is 2.64. The normalized spacial score (nSPS) is 42.6. The third-order valence-electron chi connectivity index (χ3n) is 4.87. The zero-order valence-corrected chi connectivity index (χ0v) is 10.7. The molecule has 1 aromatic rings. The molecule has 0 spiro atoms. The Hall–Kier alpha value is -1.15. The second-order valence-corrected chi connectivity index (χ2v) is 6.57. The molecule has 20 heavy (non-hydrogen) atoms. The first-order chi connectivity index (χ1) is 9.27. The van der Waals surface area contributed by atoms with Crippen molar-refractivity contribution in [3.63, 3.8) is 0 Å². The van der Waals surface area contributed by atoms with Gasteiger partial charge in [0.2, 0.25) is 0 Å². The highest BCUT2D eigenvalue weighted by Crippen LogP contribution is 2.66. The fourth-order valence-electron chi connectivity index (χ4n) is 3.88. The van der Waals surface area contributed by atoms with Gasteiger partial charge in [-0.25, -0.2) is 4.68 Å². The fourth-order valence-corrected chi connectivity index (χ4v) is 3.88. The summed E-state index contributed by atoms with van der Waals surface area (Å²) in [6, 6.07) is -0.0391. The first-order valence-corrected chi connectivity index (χ1v) is 6.73. The van der Waals surface area contributed by atoms with Gasteiger partial charge in [0.05, 0.1) is 17.8 Å². The Morgan fingerprint density at radius 3 is 2.50 bits per heavy atom. The van der Waals surface area contributed by atoms with Crippen LogP contribution in [0.3, 0.4) is 0 Å². The minimum absolute atomic E-state index is 0.00585. The Labute approximate surface area is 113 Å². The summed E-state index contributed by atoms with van der Waals surface area (Å²) in [5, 5.41) is 8.23. The molecule has 0 saturated heterocycles. The van der Waals surface area contributed by atoms with Gasteiger partial charge in [-0.15, -0.1) is 18.3 Å². The number of nitrogens with two attached hydrogens (primary N) is 1. The molecule has 0 unspecified atom stereocenters. The molecule has 0 amide bonds. The van der Waals surface area contributed by atoms with E-state index in [4.69, 9.17) is 5.73 Å².